The van der Waals surface area contributed by atoms with Crippen molar-refractivity contribution in [2.45, 2.75) is 26.7 Å². The number of benzene rings is 2. The van der Waals surface area contributed by atoms with Crippen LogP contribution >= 0.6 is 0 Å². The van der Waals surface area contributed by atoms with Crippen molar-refractivity contribution in [3.05, 3.63) is 69.9 Å². The maximum atomic E-state index is 12.9. The molecule has 0 aliphatic carbocycles. The van der Waals surface area contributed by atoms with Crippen LogP contribution in [0.2, 0.25) is 0 Å². The lowest BCUT2D eigenvalue weighted by molar-refractivity contribution is 0.0794. The highest BCUT2D eigenvalue weighted by Crippen LogP contribution is 2.27. The third-order valence-corrected chi connectivity index (χ3v) is 4.61. The molecule has 0 fully saturated rings. The summed E-state index contributed by atoms with van der Waals surface area (Å²) in [5, 5.41) is 0.442. The smallest absolute Gasteiger partial charge is 0.257 e. The Morgan fingerprint density at radius 2 is 1.81 bits per heavy atom. The minimum absolute atomic E-state index is 0.101. The fourth-order valence-corrected chi connectivity index (χ4v) is 3.05. The molecule has 1 amide bonds. The van der Waals surface area contributed by atoms with Crippen molar-refractivity contribution in [3.63, 3.8) is 0 Å². The maximum Gasteiger partial charge on any atom is 0.257 e. The largest absolute Gasteiger partial charge is 0.455 e. The first-order valence-electron chi connectivity index (χ1n) is 8.92. The second kappa shape index (κ2) is 7.56. The van der Waals surface area contributed by atoms with E-state index in [2.05, 4.69) is 6.92 Å². The van der Waals surface area contributed by atoms with Crippen LogP contribution in [0.4, 0.5) is 0 Å². The molecule has 0 saturated carbocycles. The van der Waals surface area contributed by atoms with Gasteiger partial charge in [-0.1, -0.05) is 49.7 Å². The van der Waals surface area contributed by atoms with Gasteiger partial charge in [-0.25, -0.2) is 0 Å². The highest BCUT2D eigenvalue weighted by atomic mass is 16.3. The normalized spacial score (nSPS) is 10.9. The number of hydrogen-bond acceptors (Lipinski definition) is 3. The number of hydrogen-bond donors (Lipinski definition) is 0. The van der Waals surface area contributed by atoms with Gasteiger partial charge in [-0.3, -0.25) is 9.59 Å². The van der Waals surface area contributed by atoms with Gasteiger partial charge in [-0.15, -0.1) is 0 Å². The first-order chi connectivity index (χ1) is 12.5. The summed E-state index contributed by atoms with van der Waals surface area (Å²) in [5.74, 6) is 0.384. The van der Waals surface area contributed by atoms with Gasteiger partial charge in [0, 0.05) is 24.7 Å². The van der Waals surface area contributed by atoms with E-state index in [1.54, 1.807) is 37.1 Å². The van der Waals surface area contributed by atoms with Crippen molar-refractivity contribution < 1.29 is 9.21 Å². The van der Waals surface area contributed by atoms with E-state index in [0.717, 1.165) is 18.4 Å². The second-order valence-electron chi connectivity index (χ2n) is 6.51. The predicted octanol–water partition coefficient (Wildman–Crippen LogP) is 4.64. The predicted molar refractivity (Wildman–Crippen MR) is 105 cm³/mol. The van der Waals surface area contributed by atoms with Gasteiger partial charge in [0.15, 0.2) is 11.0 Å². The first-order valence-corrected chi connectivity index (χ1v) is 8.92. The van der Waals surface area contributed by atoms with Gasteiger partial charge in [0.2, 0.25) is 0 Å². The highest BCUT2D eigenvalue weighted by molar-refractivity contribution is 6.05. The molecular formula is C22H23NO3. The van der Waals surface area contributed by atoms with Crippen LogP contribution in [-0.2, 0) is 0 Å². The molecule has 134 valence electrons. The molecule has 0 unspecified atom stereocenters. The molecule has 0 N–H and O–H groups in total. The minimum atomic E-state index is -0.130. The molecule has 26 heavy (non-hydrogen) atoms. The number of fused-ring (bicyclic) bond motifs is 1. The third-order valence-electron chi connectivity index (χ3n) is 4.61. The van der Waals surface area contributed by atoms with E-state index < -0.39 is 0 Å². The number of carbonyl (C=O) groups is 1. The van der Waals surface area contributed by atoms with E-state index in [0.29, 0.717) is 34.4 Å². The van der Waals surface area contributed by atoms with Crippen molar-refractivity contribution in [2.24, 2.45) is 0 Å². The molecule has 4 heteroatoms. The van der Waals surface area contributed by atoms with E-state index in [-0.39, 0.29) is 11.3 Å². The van der Waals surface area contributed by atoms with Gasteiger partial charge in [0.25, 0.3) is 5.91 Å². The third kappa shape index (κ3) is 3.27. The summed E-state index contributed by atoms with van der Waals surface area (Å²) in [6, 6.07) is 14.7. The lowest BCUT2D eigenvalue weighted by Gasteiger charge is -2.18. The number of rotatable bonds is 5. The molecule has 0 aliphatic heterocycles. The number of nitrogens with zero attached hydrogens (tertiary/aromatic N) is 1. The highest BCUT2D eigenvalue weighted by Gasteiger charge is 2.20. The average Bonchev–Trinajstić information content (AvgIpc) is 2.68. The van der Waals surface area contributed by atoms with Crippen LogP contribution in [0, 0.1) is 6.92 Å². The van der Waals surface area contributed by atoms with E-state index in [9.17, 15) is 9.59 Å². The lowest BCUT2D eigenvalue weighted by atomic mass is 10.0. The molecule has 4 nitrogen and oxygen atoms in total. The Balaban J connectivity index is 2.19. The molecule has 2 aromatic carbocycles. The molecular weight excluding hydrogens is 326 g/mol. The van der Waals surface area contributed by atoms with Crippen LogP contribution in [0.25, 0.3) is 22.3 Å². The summed E-state index contributed by atoms with van der Waals surface area (Å²) in [6.45, 7) is 4.52. The van der Waals surface area contributed by atoms with Gasteiger partial charge < -0.3 is 9.32 Å². The van der Waals surface area contributed by atoms with Crippen LogP contribution in [0.15, 0.2) is 57.7 Å². The van der Waals surface area contributed by atoms with Crippen LogP contribution in [0.3, 0.4) is 0 Å². The van der Waals surface area contributed by atoms with Gasteiger partial charge in [0.1, 0.15) is 5.76 Å². The van der Waals surface area contributed by atoms with E-state index in [4.69, 9.17) is 4.42 Å². The first kappa shape index (κ1) is 17.9. The zero-order chi connectivity index (χ0) is 18.7. The molecule has 3 aromatic rings. The van der Waals surface area contributed by atoms with Crippen molar-refractivity contribution in [1.29, 1.82) is 0 Å². The van der Waals surface area contributed by atoms with Gasteiger partial charge in [-0.05, 0) is 25.5 Å². The minimum Gasteiger partial charge on any atom is -0.455 e. The Morgan fingerprint density at radius 1 is 1.08 bits per heavy atom. The number of amides is 1. The lowest BCUT2D eigenvalue weighted by Crippen LogP contribution is -2.28. The van der Waals surface area contributed by atoms with Crippen molar-refractivity contribution in [1.82, 2.24) is 4.90 Å². The van der Waals surface area contributed by atoms with E-state index >= 15 is 0 Å². The van der Waals surface area contributed by atoms with E-state index in [1.165, 1.54) is 0 Å². The van der Waals surface area contributed by atoms with Crippen LogP contribution in [-0.4, -0.2) is 24.4 Å². The van der Waals surface area contributed by atoms with Crippen LogP contribution in [0.1, 0.15) is 35.7 Å². The van der Waals surface area contributed by atoms with Crippen LogP contribution in [0.5, 0.6) is 0 Å². The van der Waals surface area contributed by atoms with E-state index in [1.807, 2.05) is 30.3 Å². The molecule has 0 bridgehead atoms. The van der Waals surface area contributed by atoms with Crippen molar-refractivity contribution in [3.8, 4) is 11.3 Å². The van der Waals surface area contributed by atoms with Crippen molar-refractivity contribution in [2.75, 3.05) is 13.6 Å². The topological polar surface area (TPSA) is 50.5 Å². The molecule has 0 atom stereocenters. The molecule has 0 radical (unpaired) electrons. The summed E-state index contributed by atoms with van der Waals surface area (Å²) < 4.78 is 6.12. The Hall–Kier alpha value is -2.88. The maximum absolute atomic E-state index is 12.9. The molecule has 1 heterocycles. The summed E-state index contributed by atoms with van der Waals surface area (Å²) >= 11 is 0. The Morgan fingerprint density at radius 3 is 2.50 bits per heavy atom. The molecule has 0 aliphatic rings. The molecule has 3 rings (SSSR count). The summed E-state index contributed by atoms with van der Waals surface area (Å²) in [6.07, 6.45) is 1.95. The summed E-state index contributed by atoms with van der Waals surface area (Å²) in [4.78, 5) is 27.4. The standard InChI is InChI=1S/C22H23NO3/c1-4-5-14-23(3)22(25)18-13-9-12-17-19(24)15(2)20(26-21(17)18)16-10-7-6-8-11-16/h6-13H,4-5,14H2,1-3H3. The summed E-state index contributed by atoms with van der Waals surface area (Å²) in [7, 11) is 1.78. The van der Waals surface area contributed by atoms with Crippen LogP contribution < -0.4 is 5.43 Å². The molecule has 0 saturated heterocycles. The SMILES string of the molecule is CCCCN(C)C(=O)c1cccc2c(=O)c(C)c(-c3ccccc3)oc12. The Labute approximate surface area is 153 Å². The van der Waals surface area contributed by atoms with Gasteiger partial charge in [-0.2, -0.15) is 0 Å². The molecule has 0 spiro atoms. The quantitative estimate of drug-likeness (QED) is 0.674. The fraction of sp³-hybridized carbons (Fsp3) is 0.273. The van der Waals surface area contributed by atoms with Gasteiger partial charge in [0.05, 0.1) is 10.9 Å². The summed E-state index contributed by atoms with van der Waals surface area (Å²) in [5.41, 5.74) is 2.06. The number of unbranched alkanes of at least 4 members (excludes halogenated alkanes) is 1. The zero-order valence-electron chi connectivity index (χ0n) is 15.4. The second-order valence-corrected chi connectivity index (χ2v) is 6.51. The van der Waals surface area contributed by atoms with Crippen molar-refractivity contribution >= 4 is 16.9 Å². The Kier molecular flexibility index (Phi) is 5.21. The monoisotopic (exact) mass is 349 g/mol. The fourth-order valence-electron chi connectivity index (χ4n) is 3.05. The van der Waals surface area contributed by atoms with Gasteiger partial charge >= 0.3 is 0 Å². The number of carbonyl (C=O) groups excluding carboxylic acids is 1. The average molecular weight is 349 g/mol. The Bertz CT molecular complexity index is 989. The molecule has 1 aromatic heterocycles. The zero-order valence-corrected chi connectivity index (χ0v) is 15.4. The number of para-hydroxylation sites is 1.